The number of rotatable bonds is 2. The first-order chi connectivity index (χ1) is 5.47. The predicted octanol–water partition coefficient (Wildman–Crippen LogP) is -0.844. The molecule has 1 rings (SSSR count). The van der Waals surface area contributed by atoms with Gasteiger partial charge in [-0.1, -0.05) is 0 Å². The molecule has 1 fully saturated rings. The predicted molar refractivity (Wildman–Crippen MR) is 47.7 cm³/mol. The fourth-order valence-electron chi connectivity index (χ4n) is 1.40. The van der Waals surface area contributed by atoms with Crippen molar-refractivity contribution in [2.75, 3.05) is 26.2 Å². The Morgan fingerprint density at radius 3 is 2.83 bits per heavy atom. The van der Waals surface area contributed by atoms with E-state index >= 15 is 0 Å². The van der Waals surface area contributed by atoms with Crippen LogP contribution in [-0.4, -0.2) is 42.5 Å². The van der Waals surface area contributed by atoms with Gasteiger partial charge >= 0.3 is 0 Å². The van der Waals surface area contributed by atoms with Gasteiger partial charge in [-0.15, -0.1) is 0 Å². The lowest BCUT2D eigenvalue weighted by Gasteiger charge is -2.32. The van der Waals surface area contributed by atoms with Crippen LogP contribution in [0.1, 0.15) is 13.8 Å². The molecule has 1 saturated heterocycles. The summed E-state index contributed by atoms with van der Waals surface area (Å²) in [6.45, 7) is 6.86. The Kier molecular flexibility index (Phi) is 2.69. The lowest BCUT2D eigenvalue weighted by molar-refractivity contribution is -0.124. The molecule has 0 atom stereocenters. The van der Waals surface area contributed by atoms with Crippen molar-refractivity contribution in [3.05, 3.63) is 0 Å². The van der Waals surface area contributed by atoms with Gasteiger partial charge in [0.05, 0.1) is 6.54 Å². The smallest absolute Gasteiger partial charge is 0.234 e. The third-order valence-corrected chi connectivity index (χ3v) is 1.75. The van der Waals surface area contributed by atoms with E-state index in [4.69, 9.17) is 5.73 Å². The molecule has 0 aromatic heterocycles. The van der Waals surface area contributed by atoms with Crippen LogP contribution in [0.2, 0.25) is 0 Å². The lowest BCUT2D eigenvalue weighted by Crippen LogP contribution is -2.53. The zero-order valence-corrected chi connectivity index (χ0v) is 7.76. The largest absolute Gasteiger partial charge is 0.354 e. The SMILES string of the molecule is CC(C)(N)CN1CCNC(=O)C1. The van der Waals surface area contributed by atoms with Crippen molar-refractivity contribution in [2.45, 2.75) is 19.4 Å². The van der Waals surface area contributed by atoms with Crippen LogP contribution in [0.4, 0.5) is 0 Å². The fraction of sp³-hybridized carbons (Fsp3) is 0.875. The van der Waals surface area contributed by atoms with Gasteiger partial charge in [0.25, 0.3) is 0 Å². The monoisotopic (exact) mass is 171 g/mol. The number of hydrogen-bond acceptors (Lipinski definition) is 3. The highest BCUT2D eigenvalue weighted by molar-refractivity contribution is 5.78. The Balaban J connectivity index is 2.37. The summed E-state index contributed by atoms with van der Waals surface area (Å²) in [6, 6.07) is 0. The van der Waals surface area contributed by atoms with Gasteiger partial charge in [-0.05, 0) is 13.8 Å². The molecule has 70 valence electrons. The van der Waals surface area contributed by atoms with Crippen LogP contribution in [0.15, 0.2) is 0 Å². The Labute approximate surface area is 73.1 Å². The highest BCUT2D eigenvalue weighted by Gasteiger charge is 2.21. The molecule has 3 N–H and O–H groups in total. The molecule has 0 aliphatic carbocycles. The van der Waals surface area contributed by atoms with Crippen molar-refractivity contribution in [1.29, 1.82) is 0 Å². The quantitative estimate of drug-likeness (QED) is 0.569. The molecule has 1 heterocycles. The molecule has 12 heavy (non-hydrogen) atoms. The van der Waals surface area contributed by atoms with Gasteiger partial charge in [0, 0.05) is 25.2 Å². The van der Waals surface area contributed by atoms with Gasteiger partial charge in [0.15, 0.2) is 0 Å². The molecule has 1 aliphatic rings. The molecule has 0 bridgehead atoms. The Hall–Kier alpha value is -0.610. The summed E-state index contributed by atoms with van der Waals surface area (Å²) in [5.74, 6) is 0.102. The summed E-state index contributed by atoms with van der Waals surface area (Å²) in [5.41, 5.74) is 5.63. The number of piperazine rings is 1. The normalized spacial score (nSPS) is 20.8. The molecule has 0 aromatic carbocycles. The highest BCUT2D eigenvalue weighted by atomic mass is 16.2. The number of nitrogens with two attached hydrogens (primary N) is 1. The molecule has 0 unspecified atom stereocenters. The molecule has 1 aliphatic heterocycles. The summed E-state index contributed by atoms with van der Waals surface area (Å²) in [7, 11) is 0. The Morgan fingerprint density at radius 2 is 2.33 bits per heavy atom. The number of carbonyl (C=O) groups is 1. The van der Waals surface area contributed by atoms with E-state index in [0.717, 1.165) is 19.6 Å². The summed E-state index contributed by atoms with van der Waals surface area (Å²) < 4.78 is 0. The van der Waals surface area contributed by atoms with Crippen LogP contribution in [0.5, 0.6) is 0 Å². The van der Waals surface area contributed by atoms with Gasteiger partial charge in [-0.3, -0.25) is 9.69 Å². The second kappa shape index (κ2) is 3.41. The number of hydrogen-bond donors (Lipinski definition) is 2. The van der Waals surface area contributed by atoms with Gasteiger partial charge in [0.1, 0.15) is 0 Å². The zero-order valence-electron chi connectivity index (χ0n) is 7.76. The van der Waals surface area contributed by atoms with E-state index in [1.54, 1.807) is 0 Å². The number of nitrogens with zero attached hydrogens (tertiary/aromatic N) is 1. The lowest BCUT2D eigenvalue weighted by atomic mass is 10.1. The van der Waals surface area contributed by atoms with Crippen LogP contribution in [0, 0.1) is 0 Å². The topological polar surface area (TPSA) is 58.4 Å². The van der Waals surface area contributed by atoms with Crippen LogP contribution in [0.25, 0.3) is 0 Å². The molecule has 4 heteroatoms. The van der Waals surface area contributed by atoms with Crippen molar-refractivity contribution in [2.24, 2.45) is 5.73 Å². The molecular weight excluding hydrogens is 154 g/mol. The molecule has 0 spiro atoms. The fourth-order valence-corrected chi connectivity index (χ4v) is 1.40. The van der Waals surface area contributed by atoms with Crippen LogP contribution < -0.4 is 11.1 Å². The maximum atomic E-state index is 11.0. The number of carbonyl (C=O) groups excluding carboxylic acids is 1. The first-order valence-corrected chi connectivity index (χ1v) is 4.25. The van der Waals surface area contributed by atoms with E-state index < -0.39 is 0 Å². The van der Waals surface area contributed by atoms with Gasteiger partial charge in [-0.25, -0.2) is 0 Å². The zero-order chi connectivity index (χ0) is 9.19. The number of amides is 1. The molecule has 4 nitrogen and oxygen atoms in total. The van der Waals surface area contributed by atoms with Gasteiger partial charge in [0.2, 0.25) is 5.91 Å². The van der Waals surface area contributed by atoms with Crippen molar-refractivity contribution in [1.82, 2.24) is 10.2 Å². The van der Waals surface area contributed by atoms with E-state index in [9.17, 15) is 4.79 Å². The first-order valence-electron chi connectivity index (χ1n) is 4.25. The van der Waals surface area contributed by atoms with E-state index in [0.29, 0.717) is 6.54 Å². The summed E-state index contributed by atoms with van der Waals surface area (Å²) in [5, 5.41) is 2.78. The van der Waals surface area contributed by atoms with Crippen molar-refractivity contribution >= 4 is 5.91 Å². The average molecular weight is 171 g/mol. The third-order valence-electron chi connectivity index (χ3n) is 1.75. The van der Waals surface area contributed by atoms with Crippen molar-refractivity contribution < 1.29 is 4.79 Å². The molecular formula is C8H17N3O. The van der Waals surface area contributed by atoms with Crippen molar-refractivity contribution in [3.8, 4) is 0 Å². The second-order valence-electron chi connectivity index (χ2n) is 4.05. The Bertz CT molecular complexity index is 174. The number of nitrogens with one attached hydrogen (secondary N) is 1. The standard InChI is InChI=1S/C8H17N3O/c1-8(2,9)6-11-4-3-10-7(12)5-11/h3-6,9H2,1-2H3,(H,10,12). The maximum Gasteiger partial charge on any atom is 0.234 e. The average Bonchev–Trinajstić information content (AvgIpc) is 1.82. The third kappa shape index (κ3) is 3.19. The van der Waals surface area contributed by atoms with Crippen LogP contribution in [0.3, 0.4) is 0 Å². The first kappa shape index (κ1) is 9.48. The minimum atomic E-state index is -0.211. The minimum Gasteiger partial charge on any atom is -0.354 e. The second-order valence-corrected chi connectivity index (χ2v) is 4.05. The summed E-state index contributed by atoms with van der Waals surface area (Å²) >= 11 is 0. The molecule has 1 amide bonds. The van der Waals surface area contributed by atoms with Gasteiger partial charge in [-0.2, -0.15) is 0 Å². The molecule has 0 saturated carbocycles. The van der Waals surface area contributed by atoms with Crippen LogP contribution >= 0.6 is 0 Å². The van der Waals surface area contributed by atoms with E-state index in [1.807, 2.05) is 13.8 Å². The summed E-state index contributed by atoms with van der Waals surface area (Å²) in [4.78, 5) is 13.0. The molecule has 0 aromatic rings. The highest BCUT2D eigenvalue weighted by Crippen LogP contribution is 2.02. The van der Waals surface area contributed by atoms with E-state index in [2.05, 4.69) is 10.2 Å². The summed E-state index contributed by atoms with van der Waals surface area (Å²) in [6.07, 6.45) is 0. The van der Waals surface area contributed by atoms with Crippen molar-refractivity contribution in [3.63, 3.8) is 0 Å². The van der Waals surface area contributed by atoms with Gasteiger partial charge < -0.3 is 11.1 Å². The van der Waals surface area contributed by atoms with E-state index in [1.165, 1.54) is 0 Å². The Morgan fingerprint density at radius 1 is 1.67 bits per heavy atom. The molecule has 0 radical (unpaired) electrons. The van der Waals surface area contributed by atoms with Crippen LogP contribution in [-0.2, 0) is 4.79 Å². The maximum absolute atomic E-state index is 11.0. The van der Waals surface area contributed by atoms with E-state index in [-0.39, 0.29) is 11.4 Å². The minimum absolute atomic E-state index is 0.102.